The third-order valence-electron chi connectivity index (χ3n) is 5.49. The summed E-state index contributed by atoms with van der Waals surface area (Å²) < 4.78 is 1.89. The van der Waals surface area contributed by atoms with Crippen LogP contribution in [0.15, 0.2) is 18.5 Å². The van der Waals surface area contributed by atoms with Crippen molar-refractivity contribution in [1.29, 1.82) is 0 Å². The minimum absolute atomic E-state index is 0. The second kappa shape index (κ2) is 8.11. The molecule has 2 bridgehead atoms. The quantitative estimate of drug-likeness (QED) is 0.860. The molecule has 2 unspecified atom stereocenters. The molecule has 2 aromatic rings. The van der Waals surface area contributed by atoms with Crippen LogP contribution in [0.5, 0.6) is 0 Å². The van der Waals surface area contributed by atoms with Crippen molar-refractivity contribution >= 4 is 41.8 Å². The minimum Gasteiger partial charge on any atom is -0.339 e. The number of hydrogen-bond acceptors (Lipinski definition) is 4. The highest BCUT2D eigenvalue weighted by molar-refractivity contribution is 5.96. The van der Waals surface area contributed by atoms with Crippen LogP contribution in [0.1, 0.15) is 55.9 Å². The Balaban J connectivity index is 0.00000121. The molecule has 26 heavy (non-hydrogen) atoms. The third-order valence-corrected chi connectivity index (χ3v) is 5.49. The van der Waals surface area contributed by atoms with Crippen molar-refractivity contribution in [1.82, 2.24) is 25.0 Å². The average Bonchev–Trinajstić information content (AvgIpc) is 3.15. The summed E-state index contributed by atoms with van der Waals surface area (Å²) >= 11 is 0. The number of pyridine rings is 1. The molecular formula is C18H27Cl2N5O. The Labute approximate surface area is 166 Å². The molecule has 2 saturated heterocycles. The molecule has 4 rings (SSSR count). The van der Waals surface area contributed by atoms with Crippen molar-refractivity contribution in [2.45, 2.75) is 63.7 Å². The van der Waals surface area contributed by atoms with Crippen molar-refractivity contribution in [3.05, 3.63) is 24.0 Å². The van der Waals surface area contributed by atoms with E-state index in [1.54, 1.807) is 12.4 Å². The van der Waals surface area contributed by atoms with E-state index in [9.17, 15) is 4.79 Å². The van der Waals surface area contributed by atoms with E-state index in [1.165, 1.54) is 12.8 Å². The van der Waals surface area contributed by atoms with E-state index in [2.05, 4.69) is 29.2 Å². The van der Waals surface area contributed by atoms with E-state index in [0.29, 0.717) is 23.7 Å². The highest BCUT2D eigenvalue weighted by Gasteiger charge is 2.36. The van der Waals surface area contributed by atoms with E-state index in [0.717, 1.165) is 23.9 Å². The van der Waals surface area contributed by atoms with Crippen LogP contribution in [-0.2, 0) is 0 Å². The van der Waals surface area contributed by atoms with Crippen LogP contribution in [0.25, 0.3) is 11.0 Å². The Bertz CT molecular complexity index is 766. The number of halogens is 2. The first-order valence-corrected chi connectivity index (χ1v) is 8.89. The number of carbonyl (C=O) groups excluding carboxylic acids is 1. The van der Waals surface area contributed by atoms with E-state index in [4.69, 9.17) is 0 Å². The van der Waals surface area contributed by atoms with Gasteiger partial charge in [0.05, 0.1) is 11.8 Å². The van der Waals surface area contributed by atoms with E-state index in [-0.39, 0.29) is 36.8 Å². The van der Waals surface area contributed by atoms with Crippen molar-refractivity contribution in [3.8, 4) is 0 Å². The normalized spacial score (nSPS) is 24.2. The van der Waals surface area contributed by atoms with Gasteiger partial charge in [-0.3, -0.25) is 4.79 Å². The van der Waals surface area contributed by atoms with Crippen LogP contribution in [0.4, 0.5) is 0 Å². The van der Waals surface area contributed by atoms with Crippen LogP contribution in [0.2, 0.25) is 0 Å². The van der Waals surface area contributed by atoms with Gasteiger partial charge in [0, 0.05) is 42.8 Å². The summed E-state index contributed by atoms with van der Waals surface area (Å²) in [7, 11) is 1.93. The molecule has 1 amide bonds. The number of hydrogen-bond donors (Lipinski definition) is 1. The first-order chi connectivity index (χ1) is 11.5. The molecule has 0 spiro atoms. The molecule has 2 atom stereocenters. The predicted octanol–water partition coefficient (Wildman–Crippen LogP) is 3.21. The molecule has 0 saturated carbocycles. The molecular weight excluding hydrogens is 373 g/mol. The molecule has 4 heterocycles. The first kappa shape index (κ1) is 20.9. The first-order valence-electron chi connectivity index (χ1n) is 8.89. The molecule has 2 aliphatic heterocycles. The topological polar surface area (TPSA) is 63.1 Å². The van der Waals surface area contributed by atoms with Crippen LogP contribution in [-0.4, -0.2) is 50.7 Å². The summed E-state index contributed by atoms with van der Waals surface area (Å²) in [4.78, 5) is 19.3. The molecule has 2 aromatic heterocycles. The zero-order valence-corrected chi connectivity index (χ0v) is 17.0. The number of aromatic nitrogens is 3. The van der Waals surface area contributed by atoms with E-state index in [1.807, 2.05) is 22.7 Å². The van der Waals surface area contributed by atoms with Crippen molar-refractivity contribution in [3.63, 3.8) is 0 Å². The van der Waals surface area contributed by atoms with Crippen molar-refractivity contribution < 1.29 is 4.79 Å². The van der Waals surface area contributed by atoms with Gasteiger partial charge in [-0.25, -0.2) is 9.67 Å². The zero-order valence-electron chi connectivity index (χ0n) is 15.4. The summed E-state index contributed by atoms with van der Waals surface area (Å²) in [5, 5.41) is 8.93. The molecule has 1 N–H and O–H groups in total. The Morgan fingerprint density at radius 3 is 2.50 bits per heavy atom. The maximum absolute atomic E-state index is 12.9. The maximum Gasteiger partial charge on any atom is 0.255 e. The van der Waals surface area contributed by atoms with Gasteiger partial charge in [-0.2, -0.15) is 5.10 Å². The SMILES string of the molecule is CC(C)n1ncc2cc(C(=O)N(C)C3CC4CCC(C3)N4)cnc21.Cl.Cl. The molecule has 2 aliphatic rings. The number of nitrogens with one attached hydrogen (secondary N) is 1. The van der Waals surface area contributed by atoms with Gasteiger partial charge in [0.25, 0.3) is 5.91 Å². The van der Waals surface area contributed by atoms with Crippen molar-refractivity contribution in [2.75, 3.05) is 7.05 Å². The summed E-state index contributed by atoms with van der Waals surface area (Å²) in [6.45, 7) is 4.15. The molecule has 0 radical (unpaired) electrons. The molecule has 144 valence electrons. The number of nitrogens with zero attached hydrogens (tertiary/aromatic N) is 4. The lowest BCUT2D eigenvalue weighted by Crippen LogP contribution is -2.48. The van der Waals surface area contributed by atoms with Gasteiger partial charge < -0.3 is 10.2 Å². The maximum atomic E-state index is 12.9. The van der Waals surface area contributed by atoms with Gasteiger partial charge >= 0.3 is 0 Å². The number of rotatable bonds is 3. The summed E-state index contributed by atoms with van der Waals surface area (Å²) in [5.74, 6) is 0.0630. The molecule has 8 heteroatoms. The van der Waals surface area contributed by atoms with Crippen LogP contribution < -0.4 is 5.32 Å². The van der Waals surface area contributed by atoms with Crippen LogP contribution in [0.3, 0.4) is 0 Å². The molecule has 6 nitrogen and oxygen atoms in total. The monoisotopic (exact) mass is 399 g/mol. The molecule has 2 fully saturated rings. The third kappa shape index (κ3) is 3.68. The zero-order chi connectivity index (χ0) is 16.8. The fourth-order valence-corrected chi connectivity index (χ4v) is 4.15. The largest absolute Gasteiger partial charge is 0.339 e. The number of amides is 1. The minimum atomic E-state index is 0. The lowest BCUT2D eigenvalue weighted by molar-refractivity contribution is 0.0681. The second-order valence-corrected chi connectivity index (χ2v) is 7.50. The fraction of sp³-hybridized carbons (Fsp3) is 0.611. The highest BCUT2D eigenvalue weighted by Crippen LogP contribution is 2.30. The van der Waals surface area contributed by atoms with Gasteiger partial charge in [-0.1, -0.05) is 0 Å². The van der Waals surface area contributed by atoms with Crippen LogP contribution >= 0.6 is 24.8 Å². The Kier molecular flexibility index (Phi) is 6.53. The van der Waals surface area contributed by atoms with E-state index >= 15 is 0 Å². The Morgan fingerprint density at radius 1 is 1.23 bits per heavy atom. The summed E-state index contributed by atoms with van der Waals surface area (Å²) in [5.41, 5.74) is 1.49. The fourth-order valence-electron chi connectivity index (χ4n) is 4.15. The summed E-state index contributed by atoms with van der Waals surface area (Å²) in [6, 6.07) is 3.65. The van der Waals surface area contributed by atoms with Gasteiger partial charge in [0.15, 0.2) is 5.65 Å². The molecule has 0 aliphatic carbocycles. The predicted molar refractivity (Wildman–Crippen MR) is 107 cm³/mol. The van der Waals surface area contributed by atoms with E-state index < -0.39 is 0 Å². The Morgan fingerprint density at radius 2 is 1.88 bits per heavy atom. The van der Waals surface area contributed by atoms with Gasteiger partial charge in [-0.15, -0.1) is 24.8 Å². The smallest absolute Gasteiger partial charge is 0.255 e. The highest BCUT2D eigenvalue weighted by atomic mass is 35.5. The van der Waals surface area contributed by atoms with Gasteiger partial charge in [0.2, 0.25) is 0 Å². The summed E-state index contributed by atoms with van der Waals surface area (Å²) in [6.07, 6.45) is 8.08. The number of carbonyl (C=O) groups is 1. The van der Waals surface area contributed by atoms with Crippen molar-refractivity contribution in [2.24, 2.45) is 0 Å². The second-order valence-electron chi connectivity index (χ2n) is 7.50. The van der Waals surface area contributed by atoms with Gasteiger partial charge in [-0.05, 0) is 45.6 Å². The van der Waals surface area contributed by atoms with Crippen LogP contribution in [0, 0.1) is 0 Å². The Hall–Kier alpha value is -1.37. The van der Waals surface area contributed by atoms with Gasteiger partial charge in [0.1, 0.15) is 0 Å². The number of piperidine rings is 1. The lowest BCUT2D eigenvalue weighted by atomic mass is 9.98. The number of fused-ring (bicyclic) bond motifs is 3. The standard InChI is InChI=1S/C18H25N5O.2ClH/c1-11(2)23-17-12(10-20-23)6-13(9-19-17)18(24)22(3)16-7-14-4-5-15(8-16)21-14;;/h6,9-11,14-16,21H,4-5,7-8H2,1-3H3;2*1H. The lowest BCUT2D eigenvalue weighted by Gasteiger charge is -2.35. The average molecular weight is 400 g/mol. The molecule has 0 aromatic carbocycles.